The van der Waals surface area contributed by atoms with E-state index in [0.29, 0.717) is 0 Å². The van der Waals surface area contributed by atoms with Crippen LogP contribution in [0.2, 0.25) is 0 Å². The number of rotatable bonds is 12. The van der Waals surface area contributed by atoms with E-state index in [2.05, 4.69) is 99.0 Å². The van der Waals surface area contributed by atoms with Crippen molar-refractivity contribution in [3.63, 3.8) is 0 Å². The van der Waals surface area contributed by atoms with Crippen LogP contribution in [0.3, 0.4) is 0 Å². The Morgan fingerprint density at radius 1 is 0.345 bits per heavy atom. The SMILES string of the molecule is CC(C)C[N-]CC(C)C.CC(C)C[N-]CC(C)C.CC(C)C[N-]CC(C)C.Cl.[Ti+3]. The molecule has 0 atom stereocenters. The molecule has 0 N–H and O–H groups in total. The maximum Gasteiger partial charge on any atom is 3.00 e. The van der Waals surface area contributed by atoms with Crippen molar-refractivity contribution in [3.8, 4) is 0 Å². The van der Waals surface area contributed by atoms with E-state index in [0.717, 1.165) is 74.8 Å². The Kier molecular flexibility index (Phi) is 40.1. The Morgan fingerprint density at radius 2 is 0.448 bits per heavy atom. The van der Waals surface area contributed by atoms with Crippen molar-refractivity contribution < 1.29 is 21.7 Å². The summed E-state index contributed by atoms with van der Waals surface area (Å²) < 4.78 is 0. The second-order valence-corrected chi connectivity index (χ2v) is 10.1. The molecule has 3 nitrogen and oxygen atoms in total. The van der Waals surface area contributed by atoms with Crippen LogP contribution in [0, 0.1) is 35.5 Å². The molecular formula is C24H55ClN3Ti. The summed E-state index contributed by atoms with van der Waals surface area (Å²) in [6.45, 7) is 32.5. The maximum atomic E-state index is 4.37. The fourth-order valence-corrected chi connectivity index (χ4v) is 1.77. The molecule has 0 fully saturated rings. The van der Waals surface area contributed by atoms with Gasteiger partial charge in [0.25, 0.3) is 0 Å². The molecule has 0 aromatic rings. The monoisotopic (exact) mass is 468 g/mol. The molecule has 1 radical (unpaired) electrons. The number of hydrogen-bond donors (Lipinski definition) is 0. The van der Waals surface area contributed by atoms with Gasteiger partial charge in [-0.05, 0) is 0 Å². The molecule has 0 aliphatic carbocycles. The molecule has 0 amide bonds. The molecule has 0 aromatic carbocycles. The van der Waals surface area contributed by atoms with Gasteiger partial charge in [0.1, 0.15) is 0 Å². The predicted octanol–water partition coefficient (Wildman–Crippen LogP) is 8.44. The van der Waals surface area contributed by atoms with Gasteiger partial charge in [0.2, 0.25) is 0 Å². The first-order chi connectivity index (χ1) is 12.4. The van der Waals surface area contributed by atoms with Crippen LogP contribution < -0.4 is 0 Å². The Balaban J connectivity index is -0.0000000960. The molecule has 0 saturated carbocycles. The Labute approximate surface area is 207 Å². The van der Waals surface area contributed by atoms with Crippen molar-refractivity contribution in [2.75, 3.05) is 39.3 Å². The van der Waals surface area contributed by atoms with E-state index in [9.17, 15) is 0 Å². The van der Waals surface area contributed by atoms with Gasteiger partial charge in [-0.1, -0.05) is 119 Å². The average molecular weight is 469 g/mol. The molecule has 29 heavy (non-hydrogen) atoms. The first kappa shape index (κ1) is 40.3. The van der Waals surface area contributed by atoms with Gasteiger partial charge in [-0.15, -0.1) is 51.7 Å². The van der Waals surface area contributed by atoms with Gasteiger partial charge in [0, 0.05) is 0 Å². The summed E-state index contributed by atoms with van der Waals surface area (Å²) in [5.74, 6) is 4.35. The van der Waals surface area contributed by atoms with Gasteiger partial charge < -0.3 is 16.0 Å². The van der Waals surface area contributed by atoms with Crippen LogP contribution in [0.4, 0.5) is 0 Å². The van der Waals surface area contributed by atoms with E-state index in [1.165, 1.54) is 0 Å². The smallest absolute Gasteiger partial charge is 0.662 e. The van der Waals surface area contributed by atoms with Crippen molar-refractivity contribution in [3.05, 3.63) is 16.0 Å². The third kappa shape index (κ3) is 58.5. The van der Waals surface area contributed by atoms with Crippen LogP contribution >= 0.6 is 12.4 Å². The fraction of sp³-hybridized carbons (Fsp3) is 1.00. The molecule has 0 aromatic heterocycles. The van der Waals surface area contributed by atoms with E-state index in [4.69, 9.17) is 0 Å². The quantitative estimate of drug-likeness (QED) is 0.258. The molecule has 0 aliphatic heterocycles. The van der Waals surface area contributed by atoms with E-state index < -0.39 is 0 Å². The van der Waals surface area contributed by atoms with Crippen molar-refractivity contribution >= 4 is 12.4 Å². The molecule has 177 valence electrons. The van der Waals surface area contributed by atoms with Crippen LogP contribution in [-0.4, -0.2) is 39.3 Å². The summed E-state index contributed by atoms with van der Waals surface area (Å²) in [6, 6.07) is 0. The van der Waals surface area contributed by atoms with Gasteiger partial charge in [-0.25, -0.2) is 0 Å². The minimum atomic E-state index is 0. The molecule has 0 unspecified atom stereocenters. The Morgan fingerprint density at radius 3 is 0.517 bits per heavy atom. The van der Waals surface area contributed by atoms with Gasteiger partial charge in [0.05, 0.1) is 0 Å². The van der Waals surface area contributed by atoms with E-state index in [1.807, 2.05) is 0 Å². The van der Waals surface area contributed by atoms with Gasteiger partial charge >= 0.3 is 21.7 Å². The first-order valence-corrected chi connectivity index (χ1v) is 11.3. The normalized spacial score (nSPS) is 10.6. The average Bonchev–Trinajstić information content (AvgIpc) is 2.46. The first-order valence-electron chi connectivity index (χ1n) is 11.3. The van der Waals surface area contributed by atoms with Gasteiger partial charge in [-0.3, -0.25) is 0 Å². The molecule has 0 aliphatic rings. The summed E-state index contributed by atoms with van der Waals surface area (Å²) in [5.41, 5.74) is 0. The molecule has 0 rings (SSSR count). The zero-order valence-electron chi connectivity index (χ0n) is 22.0. The predicted molar refractivity (Wildman–Crippen MR) is 136 cm³/mol. The third-order valence-corrected chi connectivity index (χ3v) is 2.97. The molecule has 0 spiro atoms. The van der Waals surface area contributed by atoms with Crippen LogP contribution in [0.25, 0.3) is 16.0 Å². The van der Waals surface area contributed by atoms with Crippen molar-refractivity contribution in [1.82, 2.24) is 0 Å². The Hall–Kier alpha value is 0.884. The maximum absolute atomic E-state index is 4.37. The van der Waals surface area contributed by atoms with Crippen LogP contribution in [0.5, 0.6) is 0 Å². The van der Waals surface area contributed by atoms with Crippen molar-refractivity contribution in [2.24, 2.45) is 35.5 Å². The van der Waals surface area contributed by atoms with E-state index in [-0.39, 0.29) is 34.1 Å². The zero-order valence-corrected chi connectivity index (χ0v) is 24.3. The molecule has 5 heteroatoms. The second kappa shape index (κ2) is 28.9. The summed E-state index contributed by atoms with van der Waals surface area (Å²) >= 11 is 0. The second-order valence-electron chi connectivity index (χ2n) is 10.1. The minimum Gasteiger partial charge on any atom is -0.662 e. The topological polar surface area (TPSA) is 42.3 Å². The van der Waals surface area contributed by atoms with Crippen LogP contribution in [0.15, 0.2) is 0 Å². The summed E-state index contributed by atoms with van der Waals surface area (Å²) in [7, 11) is 0. The fourth-order valence-electron chi connectivity index (χ4n) is 1.77. The van der Waals surface area contributed by atoms with E-state index in [1.54, 1.807) is 0 Å². The van der Waals surface area contributed by atoms with E-state index >= 15 is 0 Å². The summed E-state index contributed by atoms with van der Waals surface area (Å²) in [6.07, 6.45) is 0. The van der Waals surface area contributed by atoms with Gasteiger partial charge in [-0.2, -0.15) is 0 Å². The third-order valence-electron chi connectivity index (χ3n) is 2.97. The van der Waals surface area contributed by atoms with Crippen molar-refractivity contribution in [1.29, 1.82) is 0 Å². The van der Waals surface area contributed by atoms with Crippen LogP contribution in [-0.2, 0) is 21.7 Å². The summed E-state index contributed by atoms with van der Waals surface area (Å²) in [5, 5.41) is 13.1. The molecular weight excluding hydrogens is 414 g/mol. The number of halogens is 1. The zero-order chi connectivity index (χ0) is 21.8. The standard InChI is InChI=1S/3C8H18N.ClH.Ti/c3*1-7(2)5-9-6-8(3)4;;/h3*7-8H,5-6H2,1-4H3;1H;/q3*-1;;+3. The number of nitrogens with zero attached hydrogens (tertiary/aromatic N) is 3. The van der Waals surface area contributed by atoms with Crippen LogP contribution in [0.1, 0.15) is 83.1 Å². The molecule has 0 heterocycles. The van der Waals surface area contributed by atoms with Gasteiger partial charge in [0.15, 0.2) is 0 Å². The van der Waals surface area contributed by atoms with Crippen molar-refractivity contribution in [2.45, 2.75) is 83.1 Å². The number of hydrogen-bond acceptors (Lipinski definition) is 0. The Bertz CT molecular complexity index is 204. The largest absolute Gasteiger partial charge is 3.00 e. The molecule has 0 saturated heterocycles. The summed E-state index contributed by atoms with van der Waals surface area (Å²) in [4.78, 5) is 0. The molecule has 0 bridgehead atoms. The minimum absolute atomic E-state index is 0.